The van der Waals surface area contributed by atoms with E-state index in [0.29, 0.717) is 17.5 Å². The molecule has 4 rings (SSSR count). The van der Waals surface area contributed by atoms with E-state index in [4.69, 9.17) is 10.00 Å². The highest BCUT2D eigenvalue weighted by Gasteiger charge is 2.19. The lowest BCUT2D eigenvalue weighted by Crippen LogP contribution is -2.29. The molecule has 24 heavy (non-hydrogen) atoms. The van der Waals surface area contributed by atoms with Gasteiger partial charge in [0.15, 0.2) is 0 Å². The van der Waals surface area contributed by atoms with Gasteiger partial charge in [0.05, 0.1) is 5.56 Å². The summed E-state index contributed by atoms with van der Waals surface area (Å²) in [6, 6.07) is 12.1. The Hall–Kier alpha value is -2.90. The largest absolute Gasteiger partial charge is 0.439 e. The summed E-state index contributed by atoms with van der Waals surface area (Å²) in [5, 5.41) is 12.4. The van der Waals surface area contributed by atoms with Crippen molar-refractivity contribution in [1.29, 1.82) is 5.26 Å². The van der Waals surface area contributed by atoms with Crippen LogP contribution in [0, 0.1) is 11.3 Å². The van der Waals surface area contributed by atoms with E-state index in [0.717, 1.165) is 25.1 Å². The number of rotatable bonds is 3. The summed E-state index contributed by atoms with van der Waals surface area (Å²) >= 11 is 0. The quantitative estimate of drug-likeness (QED) is 0.939. The van der Waals surface area contributed by atoms with Crippen LogP contribution in [0.15, 0.2) is 60.3 Å². The third kappa shape index (κ3) is 2.94. The summed E-state index contributed by atoms with van der Waals surface area (Å²) in [7, 11) is 0. The van der Waals surface area contributed by atoms with Gasteiger partial charge in [-0.2, -0.15) is 5.26 Å². The molecule has 0 saturated carbocycles. The van der Waals surface area contributed by atoms with Gasteiger partial charge in [0.1, 0.15) is 11.8 Å². The fourth-order valence-electron chi connectivity index (χ4n) is 3.06. The Morgan fingerprint density at radius 2 is 2.12 bits per heavy atom. The molecule has 4 nitrogen and oxygen atoms in total. The second-order valence-electron chi connectivity index (χ2n) is 6.03. The van der Waals surface area contributed by atoms with E-state index in [1.54, 1.807) is 12.1 Å². The van der Waals surface area contributed by atoms with E-state index in [1.165, 1.54) is 22.9 Å². The molecule has 2 aliphatic rings. The summed E-state index contributed by atoms with van der Waals surface area (Å²) in [6.45, 7) is 0.876. The lowest BCUT2D eigenvalue weighted by molar-refractivity contribution is 0.462. The summed E-state index contributed by atoms with van der Waals surface area (Å²) < 4.78 is 5.83. The number of nitriles is 1. The molecule has 0 fully saturated rings. The molecule has 1 unspecified atom stereocenters. The van der Waals surface area contributed by atoms with Gasteiger partial charge in [-0.1, -0.05) is 24.3 Å². The van der Waals surface area contributed by atoms with E-state index < -0.39 is 0 Å². The summed E-state index contributed by atoms with van der Waals surface area (Å²) in [6.07, 6.45) is 10.1. The standard InChI is InChI=1S/C20H17N3O/c21-11-14-4-9-20(23-12-14)24-18-7-5-17-13-22-19(15-2-1-3-15)8-6-16(17)10-18/h1-5,7,9-10,12,19,22H,6,8,13H2. The van der Waals surface area contributed by atoms with Gasteiger partial charge in [-0.25, -0.2) is 4.98 Å². The molecule has 0 spiro atoms. The number of benzene rings is 1. The predicted octanol–water partition coefficient (Wildman–Crippen LogP) is 3.65. The molecule has 1 aliphatic heterocycles. The minimum atomic E-state index is 0.437. The van der Waals surface area contributed by atoms with Crippen molar-refractivity contribution in [3.05, 3.63) is 77.0 Å². The molecule has 0 saturated heterocycles. The number of allylic oxidation sites excluding steroid dienone is 2. The smallest absolute Gasteiger partial charge is 0.219 e. The average molecular weight is 315 g/mol. The molecule has 0 amide bonds. The summed E-state index contributed by atoms with van der Waals surface area (Å²) in [5.74, 6) is 1.29. The highest BCUT2D eigenvalue weighted by molar-refractivity contribution is 5.42. The molecule has 0 radical (unpaired) electrons. The second kappa shape index (κ2) is 6.31. The van der Waals surface area contributed by atoms with Crippen LogP contribution in [0.25, 0.3) is 0 Å². The van der Waals surface area contributed by atoms with Crippen molar-refractivity contribution in [2.24, 2.45) is 0 Å². The molecule has 1 N–H and O–H groups in total. The Bertz CT molecular complexity index is 859. The van der Waals surface area contributed by atoms with Crippen molar-refractivity contribution in [3.8, 4) is 17.7 Å². The maximum atomic E-state index is 8.81. The maximum absolute atomic E-state index is 8.81. The minimum Gasteiger partial charge on any atom is -0.439 e. The van der Waals surface area contributed by atoms with Crippen LogP contribution >= 0.6 is 0 Å². The molecular formula is C20H17N3O. The van der Waals surface area contributed by atoms with Crippen LogP contribution in [0.3, 0.4) is 0 Å². The van der Waals surface area contributed by atoms with Gasteiger partial charge in [-0.3, -0.25) is 0 Å². The Morgan fingerprint density at radius 3 is 2.83 bits per heavy atom. The third-order valence-corrected chi connectivity index (χ3v) is 4.49. The predicted molar refractivity (Wildman–Crippen MR) is 91.6 cm³/mol. The van der Waals surface area contributed by atoms with Crippen molar-refractivity contribution in [1.82, 2.24) is 10.3 Å². The van der Waals surface area contributed by atoms with Crippen LogP contribution in [0.1, 0.15) is 23.1 Å². The molecular weight excluding hydrogens is 298 g/mol. The van der Waals surface area contributed by atoms with Gasteiger partial charge < -0.3 is 10.1 Å². The number of fused-ring (bicyclic) bond motifs is 1. The van der Waals surface area contributed by atoms with Crippen molar-refractivity contribution in [2.45, 2.75) is 25.4 Å². The van der Waals surface area contributed by atoms with E-state index in [9.17, 15) is 0 Å². The van der Waals surface area contributed by atoms with Gasteiger partial charge in [0.25, 0.3) is 0 Å². The molecule has 0 bridgehead atoms. The Balaban J connectivity index is 1.49. The average Bonchev–Trinajstić information content (AvgIpc) is 2.77. The molecule has 2 heterocycles. The van der Waals surface area contributed by atoms with Crippen LogP contribution in [0.4, 0.5) is 0 Å². The number of nitrogens with one attached hydrogen (secondary N) is 1. The van der Waals surface area contributed by atoms with Crippen LogP contribution < -0.4 is 10.1 Å². The van der Waals surface area contributed by atoms with E-state index >= 15 is 0 Å². The zero-order chi connectivity index (χ0) is 16.4. The number of hydrogen-bond donors (Lipinski definition) is 1. The Labute approximate surface area is 141 Å². The molecule has 118 valence electrons. The Kier molecular flexibility index (Phi) is 3.86. The summed E-state index contributed by atoms with van der Waals surface area (Å²) in [5.41, 5.74) is 4.56. The van der Waals surface area contributed by atoms with Crippen LogP contribution in [0.2, 0.25) is 0 Å². The lowest BCUT2D eigenvalue weighted by Gasteiger charge is -2.20. The first-order valence-electron chi connectivity index (χ1n) is 8.09. The highest BCUT2D eigenvalue weighted by atomic mass is 16.5. The van der Waals surface area contributed by atoms with Crippen LogP contribution in [-0.4, -0.2) is 11.0 Å². The minimum absolute atomic E-state index is 0.437. The topological polar surface area (TPSA) is 57.9 Å². The molecule has 1 aromatic carbocycles. The maximum Gasteiger partial charge on any atom is 0.219 e. The van der Waals surface area contributed by atoms with E-state index in [2.05, 4.69) is 46.7 Å². The van der Waals surface area contributed by atoms with Gasteiger partial charge in [-0.15, -0.1) is 0 Å². The number of pyridine rings is 1. The lowest BCUT2D eigenvalue weighted by atomic mass is 9.95. The van der Waals surface area contributed by atoms with Gasteiger partial charge in [-0.05, 0) is 47.7 Å². The zero-order valence-electron chi connectivity index (χ0n) is 13.2. The number of ether oxygens (including phenoxy) is 1. The van der Waals surface area contributed by atoms with E-state index in [-0.39, 0.29) is 0 Å². The van der Waals surface area contributed by atoms with Crippen LogP contribution in [-0.2, 0) is 13.0 Å². The van der Waals surface area contributed by atoms with Crippen LogP contribution in [0.5, 0.6) is 11.6 Å². The van der Waals surface area contributed by atoms with E-state index in [1.807, 2.05) is 6.07 Å². The summed E-state index contributed by atoms with van der Waals surface area (Å²) in [4.78, 5) is 4.16. The highest BCUT2D eigenvalue weighted by Crippen LogP contribution is 2.27. The number of nitrogens with zero attached hydrogens (tertiary/aromatic N) is 2. The molecule has 1 atom stereocenters. The third-order valence-electron chi connectivity index (χ3n) is 4.49. The number of aryl methyl sites for hydroxylation is 1. The first kappa shape index (κ1) is 14.7. The van der Waals surface area contributed by atoms with Crippen molar-refractivity contribution in [2.75, 3.05) is 0 Å². The van der Waals surface area contributed by atoms with Gasteiger partial charge in [0, 0.05) is 24.8 Å². The first-order valence-corrected chi connectivity index (χ1v) is 8.09. The molecule has 1 aliphatic carbocycles. The first-order chi connectivity index (χ1) is 11.8. The van der Waals surface area contributed by atoms with Gasteiger partial charge >= 0.3 is 0 Å². The number of aromatic nitrogens is 1. The van der Waals surface area contributed by atoms with Gasteiger partial charge in [0.2, 0.25) is 5.88 Å². The Morgan fingerprint density at radius 1 is 1.21 bits per heavy atom. The van der Waals surface area contributed by atoms with Crippen molar-refractivity contribution in [3.63, 3.8) is 0 Å². The molecule has 2 aromatic rings. The molecule has 4 heteroatoms. The van der Waals surface area contributed by atoms with Crippen molar-refractivity contribution >= 4 is 0 Å². The fraction of sp³-hybridized carbons (Fsp3) is 0.200. The normalized spacial score (nSPS) is 18.6. The fourth-order valence-corrected chi connectivity index (χ4v) is 3.06. The van der Waals surface area contributed by atoms with Crippen molar-refractivity contribution < 1.29 is 4.74 Å². The zero-order valence-corrected chi connectivity index (χ0v) is 13.2. The second-order valence-corrected chi connectivity index (χ2v) is 6.03. The SMILES string of the molecule is N#Cc1ccc(Oc2ccc3c(c2)CCC(C2=CC=C2)NC3)nc1. The number of hydrogen-bond acceptors (Lipinski definition) is 4. The molecule has 1 aromatic heterocycles. The monoisotopic (exact) mass is 315 g/mol.